The van der Waals surface area contributed by atoms with Crippen LogP contribution in [0.15, 0.2) is 9.98 Å². The van der Waals surface area contributed by atoms with Crippen molar-refractivity contribution in [2.75, 3.05) is 26.3 Å². The van der Waals surface area contributed by atoms with Crippen molar-refractivity contribution >= 4 is 23.5 Å². The van der Waals surface area contributed by atoms with Gasteiger partial charge in [-0.25, -0.2) is 4.79 Å². The lowest BCUT2D eigenvalue weighted by atomic mass is 10.1. The molecule has 23 heavy (non-hydrogen) atoms. The molecule has 0 aromatic heterocycles. The molecule has 6 N–H and O–H groups in total. The Labute approximate surface area is 130 Å². The van der Waals surface area contributed by atoms with E-state index in [9.17, 15) is 30.0 Å². The SMILES string of the molecule is O=C1N=C2C(=NC(CO)CN2C[C@H](O)[C@H](O)[C@H](O)CO)C(=O)N1. The van der Waals surface area contributed by atoms with Gasteiger partial charge in [0.15, 0.2) is 11.5 Å². The number of nitrogens with zero attached hydrogens (tertiary/aromatic N) is 3. The van der Waals surface area contributed by atoms with E-state index in [2.05, 4.69) is 9.98 Å². The molecule has 0 aromatic carbocycles. The molecule has 2 aliphatic rings. The van der Waals surface area contributed by atoms with Crippen molar-refractivity contribution in [1.29, 1.82) is 0 Å². The number of rotatable bonds is 6. The molecule has 2 heterocycles. The van der Waals surface area contributed by atoms with Crippen LogP contribution in [0.5, 0.6) is 0 Å². The van der Waals surface area contributed by atoms with Gasteiger partial charge in [0.1, 0.15) is 12.2 Å². The average Bonchev–Trinajstić information content (AvgIpc) is 2.53. The second-order valence-corrected chi connectivity index (χ2v) is 5.22. The summed E-state index contributed by atoms with van der Waals surface area (Å²) in [5.41, 5.74) is -0.153. The molecule has 0 radical (unpaired) electrons. The topological polar surface area (TPSA) is 175 Å². The molecular formula is C12H18N4O7. The van der Waals surface area contributed by atoms with Gasteiger partial charge >= 0.3 is 6.03 Å². The Morgan fingerprint density at radius 2 is 1.91 bits per heavy atom. The zero-order valence-electron chi connectivity index (χ0n) is 12.0. The third-order valence-corrected chi connectivity index (χ3v) is 3.49. The van der Waals surface area contributed by atoms with Gasteiger partial charge in [0, 0.05) is 13.1 Å². The Morgan fingerprint density at radius 1 is 1.22 bits per heavy atom. The maximum absolute atomic E-state index is 11.8. The minimum absolute atomic E-state index is 0.0540. The number of carbonyl (C=O) groups is 2. The van der Waals surface area contributed by atoms with E-state index in [-0.39, 0.29) is 31.2 Å². The van der Waals surface area contributed by atoms with Crippen molar-refractivity contribution < 1.29 is 35.1 Å². The normalized spacial score (nSPS) is 25.1. The molecule has 0 saturated heterocycles. The van der Waals surface area contributed by atoms with Crippen LogP contribution in [0.4, 0.5) is 4.79 Å². The molecule has 2 rings (SSSR count). The average molecular weight is 330 g/mol. The summed E-state index contributed by atoms with van der Waals surface area (Å²) in [5.74, 6) is -0.846. The first kappa shape index (κ1) is 17.4. The zero-order valence-corrected chi connectivity index (χ0v) is 12.0. The monoisotopic (exact) mass is 330 g/mol. The molecule has 0 fully saturated rings. The molecule has 3 amide bonds. The molecule has 11 heteroatoms. The van der Waals surface area contributed by atoms with E-state index in [0.29, 0.717) is 0 Å². The highest BCUT2D eigenvalue weighted by atomic mass is 16.4. The lowest BCUT2D eigenvalue weighted by Gasteiger charge is -2.36. The number of aliphatic imine (C=N–C) groups is 2. The van der Waals surface area contributed by atoms with Gasteiger partial charge in [0.25, 0.3) is 5.91 Å². The third kappa shape index (κ3) is 3.71. The van der Waals surface area contributed by atoms with Crippen LogP contribution in [0.3, 0.4) is 0 Å². The number of nitrogens with one attached hydrogen (secondary N) is 1. The van der Waals surface area contributed by atoms with Crippen molar-refractivity contribution in [3.63, 3.8) is 0 Å². The Bertz CT molecular complexity index is 550. The Morgan fingerprint density at radius 3 is 2.52 bits per heavy atom. The van der Waals surface area contributed by atoms with E-state index in [4.69, 9.17) is 5.11 Å². The Hall–Kier alpha value is -1.92. The zero-order chi connectivity index (χ0) is 17.1. The minimum atomic E-state index is -1.64. The number of aliphatic hydroxyl groups excluding tert-OH is 5. The molecule has 2 aliphatic heterocycles. The second-order valence-electron chi connectivity index (χ2n) is 5.22. The summed E-state index contributed by atoms with van der Waals surface area (Å²) in [6, 6.07) is -1.56. The molecular weight excluding hydrogens is 312 g/mol. The minimum Gasteiger partial charge on any atom is -0.394 e. The summed E-state index contributed by atoms with van der Waals surface area (Å²) in [6.07, 6.45) is -4.67. The quantitative estimate of drug-likeness (QED) is 0.284. The van der Waals surface area contributed by atoms with Crippen molar-refractivity contribution in [2.45, 2.75) is 24.4 Å². The molecule has 0 aliphatic carbocycles. The standard InChI is InChI=1S/C12H18N4O7/c17-3-5-1-16(2-6(19)9(21)7(20)4-18)10-8(13-5)11(22)15-12(23)14-10/h5-7,9,17-21H,1-4H2,(H,15,22,23)/t5?,6-,7+,9-/m0/s1. The van der Waals surface area contributed by atoms with E-state index < -0.39 is 42.9 Å². The van der Waals surface area contributed by atoms with E-state index >= 15 is 0 Å². The molecule has 1 unspecified atom stereocenters. The molecule has 0 saturated carbocycles. The number of amides is 3. The van der Waals surface area contributed by atoms with E-state index in [1.165, 1.54) is 4.90 Å². The largest absolute Gasteiger partial charge is 0.394 e. The summed E-state index contributed by atoms with van der Waals surface area (Å²) in [5, 5.41) is 49.0. The fourth-order valence-electron chi connectivity index (χ4n) is 2.29. The highest BCUT2D eigenvalue weighted by Crippen LogP contribution is 2.14. The molecule has 11 nitrogen and oxygen atoms in total. The maximum atomic E-state index is 11.8. The number of β-amino-alcohol motifs (C(OH)–C–C–N with tert-alkyl or cyclic N) is 1. The van der Waals surface area contributed by atoms with Gasteiger partial charge in [-0.3, -0.25) is 15.1 Å². The number of hydrogen-bond acceptors (Lipinski definition) is 9. The molecule has 128 valence electrons. The van der Waals surface area contributed by atoms with Gasteiger partial charge in [-0.05, 0) is 0 Å². The van der Waals surface area contributed by atoms with E-state index in [1.54, 1.807) is 0 Å². The number of carbonyl (C=O) groups excluding carboxylic acids is 2. The van der Waals surface area contributed by atoms with Crippen LogP contribution in [0, 0.1) is 0 Å². The van der Waals surface area contributed by atoms with Crippen molar-refractivity contribution in [3.8, 4) is 0 Å². The van der Waals surface area contributed by atoms with Crippen molar-refractivity contribution in [1.82, 2.24) is 10.2 Å². The lowest BCUT2D eigenvalue weighted by molar-refractivity contribution is -0.113. The maximum Gasteiger partial charge on any atom is 0.349 e. The number of amidine groups is 1. The summed E-state index contributed by atoms with van der Waals surface area (Å²) in [4.78, 5) is 32.1. The van der Waals surface area contributed by atoms with Gasteiger partial charge in [-0.1, -0.05) is 0 Å². The molecule has 4 atom stereocenters. The third-order valence-electron chi connectivity index (χ3n) is 3.49. The summed E-state index contributed by atoms with van der Waals surface area (Å²) in [7, 11) is 0. The van der Waals surface area contributed by atoms with Crippen molar-refractivity contribution in [2.24, 2.45) is 9.98 Å². The van der Waals surface area contributed by atoms with Gasteiger partial charge in [-0.15, -0.1) is 0 Å². The summed E-state index contributed by atoms with van der Waals surface area (Å²) < 4.78 is 0. The predicted molar refractivity (Wildman–Crippen MR) is 76.0 cm³/mol. The van der Waals surface area contributed by atoms with Crippen LogP contribution < -0.4 is 5.32 Å². The molecule has 0 aromatic rings. The van der Waals surface area contributed by atoms with Gasteiger partial charge in [-0.2, -0.15) is 4.99 Å². The lowest BCUT2D eigenvalue weighted by Crippen LogP contribution is -2.58. The summed E-state index contributed by atoms with van der Waals surface area (Å²) >= 11 is 0. The number of imide groups is 1. The number of hydrogen-bond donors (Lipinski definition) is 6. The number of urea groups is 1. The van der Waals surface area contributed by atoms with Crippen LogP contribution in [0.1, 0.15) is 0 Å². The van der Waals surface area contributed by atoms with Crippen LogP contribution in [0.2, 0.25) is 0 Å². The highest BCUT2D eigenvalue weighted by Gasteiger charge is 2.37. The van der Waals surface area contributed by atoms with Crippen LogP contribution in [-0.4, -0.2) is 105 Å². The fourth-order valence-corrected chi connectivity index (χ4v) is 2.29. The van der Waals surface area contributed by atoms with E-state index in [0.717, 1.165) is 0 Å². The van der Waals surface area contributed by atoms with Gasteiger partial charge < -0.3 is 30.4 Å². The first-order valence-electron chi connectivity index (χ1n) is 6.90. The first-order chi connectivity index (χ1) is 10.9. The van der Waals surface area contributed by atoms with Gasteiger partial charge in [0.05, 0.1) is 25.4 Å². The smallest absolute Gasteiger partial charge is 0.349 e. The predicted octanol–water partition coefficient (Wildman–Crippen LogP) is -4.17. The first-order valence-corrected chi connectivity index (χ1v) is 6.90. The van der Waals surface area contributed by atoms with Crippen molar-refractivity contribution in [3.05, 3.63) is 0 Å². The van der Waals surface area contributed by atoms with Crippen LogP contribution in [-0.2, 0) is 4.79 Å². The Kier molecular flexibility index (Phi) is 5.38. The highest BCUT2D eigenvalue weighted by molar-refractivity contribution is 6.69. The van der Waals surface area contributed by atoms with Crippen LogP contribution >= 0.6 is 0 Å². The van der Waals surface area contributed by atoms with Crippen LogP contribution in [0.25, 0.3) is 0 Å². The number of aliphatic hydroxyl groups is 5. The second kappa shape index (κ2) is 7.10. The van der Waals surface area contributed by atoms with Gasteiger partial charge in [0.2, 0.25) is 0 Å². The fraction of sp³-hybridized carbons (Fsp3) is 0.667. The summed E-state index contributed by atoms with van der Waals surface area (Å²) in [6.45, 7) is -1.34. The molecule has 0 spiro atoms. The Balaban J connectivity index is 2.22. The number of fused-ring (bicyclic) bond motifs is 1. The molecule has 0 bridgehead atoms. The van der Waals surface area contributed by atoms with E-state index in [1.807, 2.05) is 5.32 Å².